The van der Waals surface area contributed by atoms with E-state index in [0.29, 0.717) is 17.6 Å². The van der Waals surface area contributed by atoms with Gasteiger partial charge < -0.3 is 16.4 Å². The van der Waals surface area contributed by atoms with Gasteiger partial charge in [-0.25, -0.2) is 0 Å². The Morgan fingerprint density at radius 2 is 2.24 bits per heavy atom. The van der Waals surface area contributed by atoms with E-state index >= 15 is 0 Å². The van der Waals surface area contributed by atoms with Crippen LogP contribution in [-0.2, 0) is 0 Å². The lowest BCUT2D eigenvalue weighted by Crippen LogP contribution is -2.39. The van der Waals surface area contributed by atoms with E-state index in [4.69, 9.17) is 18.0 Å². The van der Waals surface area contributed by atoms with Crippen molar-refractivity contribution in [2.24, 2.45) is 10.7 Å². The molecular formula is C11H15BrN4S. The van der Waals surface area contributed by atoms with Crippen LogP contribution in [0.1, 0.15) is 12.5 Å². The van der Waals surface area contributed by atoms with Gasteiger partial charge in [-0.15, -0.1) is 0 Å². The molecule has 0 amide bonds. The molecule has 0 aromatic heterocycles. The molecular weight excluding hydrogens is 300 g/mol. The van der Waals surface area contributed by atoms with E-state index in [1.807, 2.05) is 32.0 Å². The lowest BCUT2D eigenvalue weighted by Gasteiger charge is -2.13. The molecule has 0 heterocycles. The Morgan fingerprint density at radius 1 is 1.53 bits per heavy atom. The highest BCUT2D eigenvalue weighted by Crippen LogP contribution is 2.25. The van der Waals surface area contributed by atoms with Crippen LogP contribution in [0.25, 0.3) is 0 Å². The van der Waals surface area contributed by atoms with E-state index in [2.05, 4.69) is 31.6 Å². The first kappa shape index (κ1) is 13.9. The quantitative estimate of drug-likeness (QED) is 0.445. The molecule has 0 aliphatic carbocycles. The van der Waals surface area contributed by atoms with E-state index in [0.717, 1.165) is 15.7 Å². The number of guanidine groups is 1. The van der Waals surface area contributed by atoms with Gasteiger partial charge in [-0.1, -0.05) is 12.1 Å². The Morgan fingerprint density at radius 3 is 2.82 bits per heavy atom. The number of aliphatic imine (C=N–C) groups is 1. The molecule has 0 saturated heterocycles. The summed E-state index contributed by atoms with van der Waals surface area (Å²) in [5, 5.41) is 6.32. The summed E-state index contributed by atoms with van der Waals surface area (Å²) in [7, 11) is 0. The number of aryl methyl sites for hydroxylation is 1. The maximum Gasteiger partial charge on any atom is 0.194 e. The molecule has 0 bridgehead atoms. The van der Waals surface area contributed by atoms with Crippen molar-refractivity contribution in [1.82, 2.24) is 5.32 Å². The third-order valence-corrected chi connectivity index (χ3v) is 2.90. The Kier molecular flexibility index (Phi) is 5.37. The standard InChI is InChI=1S/C11H15BrN4S/c1-3-14-10(13)16-11(17)15-9-7(2)5-4-6-8(9)12/h4-6H,3H2,1-2H3,(H4,13,14,15,16,17). The number of halogens is 1. The summed E-state index contributed by atoms with van der Waals surface area (Å²) in [4.78, 5) is 4.00. The zero-order valence-corrected chi connectivity index (χ0v) is 12.2. The SMILES string of the molecule is CCN=C(N)NC(=S)Nc1c(C)cccc1Br. The van der Waals surface area contributed by atoms with E-state index in [1.54, 1.807) is 0 Å². The first-order valence-electron chi connectivity index (χ1n) is 5.17. The normalized spacial score (nSPS) is 11.1. The van der Waals surface area contributed by atoms with Crippen molar-refractivity contribution in [3.8, 4) is 0 Å². The van der Waals surface area contributed by atoms with Crippen LogP contribution in [0.3, 0.4) is 0 Å². The number of anilines is 1. The number of thiocarbonyl (C=S) groups is 1. The van der Waals surface area contributed by atoms with Crippen LogP contribution in [0.4, 0.5) is 5.69 Å². The number of nitrogens with two attached hydrogens (primary N) is 1. The Bertz CT molecular complexity index is 425. The van der Waals surface area contributed by atoms with Gasteiger partial charge in [-0.3, -0.25) is 4.99 Å². The maximum absolute atomic E-state index is 5.61. The van der Waals surface area contributed by atoms with Crippen molar-refractivity contribution in [2.45, 2.75) is 13.8 Å². The number of nitrogens with zero attached hydrogens (tertiary/aromatic N) is 1. The first-order chi connectivity index (χ1) is 8.04. The maximum atomic E-state index is 5.61. The average molecular weight is 315 g/mol. The monoisotopic (exact) mass is 314 g/mol. The van der Waals surface area contributed by atoms with Crippen LogP contribution in [0.5, 0.6) is 0 Å². The van der Waals surface area contributed by atoms with Gasteiger partial charge in [0.05, 0.1) is 5.69 Å². The Labute approximate surface area is 115 Å². The van der Waals surface area contributed by atoms with Crippen LogP contribution < -0.4 is 16.4 Å². The van der Waals surface area contributed by atoms with Gasteiger partial charge in [-0.2, -0.15) is 0 Å². The van der Waals surface area contributed by atoms with Gasteiger partial charge in [0, 0.05) is 11.0 Å². The van der Waals surface area contributed by atoms with Crippen LogP contribution in [0.2, 0.25) is 0 Å². The minimum Gasteiger partial charge on any atom is -0.370 e. The number of benzene rings is 1. The molecule has 1 rings (SSSR count). The number of para-hydroxylation sites is 1. The highest BCUT2D eigenvalue weighted by molar-refractivity contribution is 9.10. The van der Waals surface area contributed by atoms with E-state index < -0.39 is 0 Å². The molecule has 17 heavy (non-hydrogen) atoms. The molecule has 0 aliphatic heterocycles. The minimum absolute atomic E-state index is 0.315. The van der Waals surface area contributed by atoms with E-state index in [-0.39, 0.29) is 0 Å². The zero-order chi connectivity index (χ0) is 12.8. The summed E-state index contributed by atoms with van der Waals surface area (Å²) in [5.41, 5.74) is 7.63. The Balaban J connectivity index is 2.72. The second kappa shape index (κ2) is 6.56. The molecule has 92 valence electrons. The van der Waals surface area contributed by atoms with Crippen molar-refractivity contribution >= 4 is 44.9 Å². The summed E-state index contributed by atoms with van der Waals surface area (Å²) < 4.78 is 0.952. The van der Waals surface area contributed by atoms with Crippen LogP contribution in [0, 0.1) is 6.92 Å². The molecule has 0 spiro atoms. The number of rotatable bonds is 2. The molecule has 4 N–H and O–H groups in total. The predicted octanol–water partition coefficient (Wildman–Crippen LogP) is 2.38. The highest BCUT2D eigenvalue weighted by Gasteiger charge is 2.05. The lowest BCUT2D eigenvalue weighted by atomic mass is 10.2. The van der Waals surface area contributed by atoms with Crippen LogP contribution >= 0.6 is 28.1 Å². The van der Waals surface area contributed by atoms with Crippen molar-refractivity contribution in [2.75, 3.05) is 11.9 Å². The molecule has 0 atom stereocenters. The summed E-state index contributed by atoms with van der Waals surface area (Å²) in [6, 6.07) is 5.91. The summed E-state index contributed by atoms with van der Waals surface area (Å²) in [6.07, 6.45) is 0. The first-order valence-corrected chi connectivity index (χ1v) is 6.37. The second-order valence-corrected chi connectivity index (χ2v) is 4.63. The van der Waals surface area contributed by atoms with E-state index in [9.17, 15) is 0 Å². The van der Waals surface area contributed by atoms with Gasteiger partial charge >= 0.3 is 0 Å². The molecule has 6 heteroatoms. The van der Waals surface area contributed by atoms with Crippen molar-refractivity contribution in [3.63, 3.8) is 0 Å². The molecule has 4 nitrogen and oxygen atoms in total. The summed E-state index contributed by atoms with van der Waals surface area (Å²) in [5.74, 6) is 0.315. The molecule has 0 saturated carbocycles. The number of hydrogen-bond donors (Lipinski definition) is 3. The largest absolute Gasteiger partial charge is 0.370 e. The van der Waals surface area contributed by atoms with Crippen LogP contribution in [-0.4, -0.2) is 17.6 Å². The molecule has 1 aromatic carbocycles. The van der Waals surface area contributed by atoms with Gasteiger partial charge in [0.2, 0.25) is 0 Å². The van der Waals surface area contributed by atoms with E-state index in [1.165, 1.54) is 0 Å². The highest BCUT2D eigenvalue weighted by atomic mass is 79.9. The Hall–Kier alpha value is -1.14. The molecule has 0 aliphatic rings. The van der Waals surface area contributed by atoms with Crippen LogP contribution in [0.15, 0.2) is 27.7 Å². The van der Waals surface area contributed by atoms with Gasteiger partial charge in [0.25, 0.3) is 0 Å². The third kappa shape index (κ3) is 4.32. The summed E-state index contributed by atoms with van der Waals surface area (Å²) >= 11 is 8.60. The number of nitrogens with one attached hydrogen (secondary N) is 2. The molecule has 0 fully saturated rings. The van der Waals surface area contributed by atoms with Gasteiger partial charge in [0.1, 0.15) is 0 Å². The molecule has 0 radical (unpaired) electrons. The second-order valence-electron chi connectivity index (χ2n) is 3.37. The minimum atomic E-state index is 0.315. The lowest BCUT2D eigenvalue weighted by molar-refractivity contribution is 1.09. The van der Waals surface area contributed by atoms with Crippen molar-refractivity contribution in [3.05, 3.63) is 28.2 Å². The molecule has 1 aromatic rings. The molecule has 0 unspecified atom stereocenters. The topological polar surface area (TPSA) is 62.4 Å². The fraction of sp³-hybridized carbons (Fsp3) is 0.273. The third-order valence-electron chi connectivity index (χ3n) is 2.03. The average Bonchev–Trinajstić information content (AvgIpc) is 2.24. The smallest absolute Gasteiger partial charge is 0.194 e. The zero-order valence-electron chi connectivity index (χ0n) is 9.75. The van der Waals surface area contributed by atoms with Gasteiger partial charge in [0.15, 0.2) is 11.1 Å². The van der Waals surface area contributed by atoms with Gasteiger partial charge in [-0.05, 0) is 53.6 Å². The van der Waals surface area contributed by atoms with Crippen molar-refractivity contribution < 1.29 is 0 Å². The summed E-state index contributed by atoms with van der Waals surface area (Å²) in [6.45, 7) is 4.53. The fourth-order valence-electron chi connectivity index (χ4n) is 1.26. The fourth-order valence-corrected chi connectivity index (χ4v) is 2.03. The van der Waals surface area contributed by atoms with Crippen molar-refractivity contribution in [1.29, 1.82) is 0 Å². The predicted molar refractivity (Wildman–Crippen MR) is 80.4 cm³/mol. The number of hydrogen-bond acceptors (Lipinski definition) is 2.